The van der Waals surface area contributed by atoms with E-state index in [0.717, 1.165) is 28.0 Å². The van der Waals surface area contributed by atoms with Crippen LogP contribution in [0.1, 0.15) is 11.4 Å². The maximum absolute atomic E-state index is 11.6. The molecule has 0 aliphatic carbocycles. The molecule has 1 aromatic rings. The summed E-state index contributed by atoms with van der Waals surface area (Å²) in [5.41, 5.74) is 10.5. The van der Waals surface area contributed by atoms with Gasteiger partial charge in [0.15, 0.2) is 5.96 Å². The first-order valence-corrected chi connectivity index (χ1v) is 7.93. The molecule has 0 radical (unpaired) electrons. The average molecular weight is 301 g/mol. The maximum atomic E-state index is 11.6. The number of rotatable bonds is 6. The predicted octanol–water partition coefficient (Wildman–Crippen LogP) is 0.0950. The van der Waals surface area contributed by atoms with Gasteiger partial charge in [-0.3, -0.25) is 5.32 Å². The first-order valence-electron chi connectivity index (χ1n) is 5.90. The zero-order valence-corrected chi connectivity index (χ0v) is 12.0. The third-order valence-electron chi connectivity index (χ3n) is 2.65. The van der Waals surface area contributed by atoms with Crippen LogP contribution in [-0.2, 0) is 5.75 Å². The highest BCUT2D eigenvalue weighted by Crippen LogP contribution is 2.18. The zero-order chi connectivity index (χ0) is 13.7. The smallest absolute Gasteiger partial charge is 0.188 e. The Morgan fingerprint density at radius 2 is 2.53 bits per heavy atom. The summed E-state index contributed by atoms with van der Waals surface area (Å²) in [6.07, 6.45) is 2.08. The van der Waals surface area contributed by atoms with Crippen molar-refractivity contribution in [1.82, 2.24) is 15.4 Å². The topological polar surface area (TPSA) is 116 Å². The van der Waals surface area contributed by atoms with Gasteiger partial charge in [-0.15, -0.1) is 11.3 Å². The van der Waals surface area contributed by atoms with Crippen molar-refractivity contribution in [3.8, 4) is 0 Å². The van der Waals surface area contributed by atoms with Crippen LogP contribution in [0.3, 0.4) is 0 Å². The molecule has 1 fully saturated rings. The Morgan fingerprint density at radius 1 is 1.68 bits per heavy atom. The number of hydrogen-bond donors (Lipinski definition) is 3. The van der Waals surface area contributed by atoms with Crippen LogP contribution in [-0.4, -0.2) is 40.6 Å². The Kier molecular flexibility index (Phi) is 5.40. The van der Waals surface area contributed by atoms with Gasteiger partial charge in [0.25, 0.3) is 0 Å². The lowest BCUT2D eigenvalue weighted by Gasteiger charge is -2.25. The van der Waals surface area contributed by atoms with Gasteiger partial charge in [-0.2, -0.15) is 11.8 Å². The monoisotopic (exact) mass is 301 g/mol. The Morgan fingerprint density at radius 3 is 3.21 bits per heavy atom. The van der Waals surface area contributed by atoms with Crippen LogP contribution in [0.2, 0.25) is 0 Å². The molecule has 1 aliphatic heterocycles. The normalized spacial score (nSPS) is 23.6. The molecule has 2 heterocycles. The molecule has 9 heteroatoms. The van der Waals surface area contributed by atoms with Gasteiger partial charge >= 0.3 is 0 Å². The fourth-order valence-electron chi connectivity index (χ4n) is 1.79. The quantitative estimate of drug-likeness (QED) is 0.387. The van der Waals surface area contributed by atoms with Crippen molar-refractivity contribution in [3.63, 3.8) is 0 Å². The second-order valence-corrected chi connectivity index (χ2v) is 6.24. The lowest BCUT2D eigenvalue weighted by molar-refractivity contribution is 0.343. The Labute approximate surface area is 120 Å². The van der Waals surface area contributed by atoms with Gasteiger partial charge in [-0.25, -0.2) is 9.98 Å². The second-order valence-electron chi connectivity index (χ2n) is 4.16. The molecule has 0 amide bonds. The number of aliphatic imine (C=N–C) groups is 1. The van der Waals surface area contributed by atoms with Crippen molar-refractivity contribution in [2.75, 3.05) is 12.3 Å². The van der Waals surface area contributed by atoms with Gasteiger partial charge in [-0.05, 0) is 12.2 Å². The van der Waals surface area contributed by atoms with Crippen LogP contribution in [0.4, 0.5) is 0 Å². The molecular formula is C10H17N6OS2-. The molecule has 0 spiro atoms. The fourth-order valence-corrected chi connectivity index (χ4v) is 3.56. The van der Waals surface area contributed by atoms with Crippen LogP contribution in [0, 0.1) is 5.21 Å². The van der Waals surface area contributed by atoms with Crippen molar-refractivity contribution in [2.45, 2.75) is 24.5 Å². The minimum atomic E-state index is -0.640. The van der Waals surface area contributed by atoms with Crippen LogP contribution in [0.15, 0.2) is 16.6 Å². The van der Waals surface area contributed by atoms with E-state index >= 15 is 0 Å². The van der Waals surface area contributed by atoms with Gasteiger partial charge in [0.05, 0.1) is 0 Å². The second kappa shape index (κ2) is 7.06. The van der Waals surface area contributed by atoms with E-state index in [1.165, 1.54) is 0 Å². The Balaban J connectivity index is 1.66. The molecule has 0 bridgehead atoms. The average Bonchev–Trinajstić information content (AvgIpc) is 2.95. The molecule has 2 rings (SSSR count). The van der Waals surface area contributed by atoms with Crippen molar-refractivity contribution in [3.05, 3.63) is 21.8 Å². The Bertz CT molecular complexity index is 408. The zero-order valence-electron chi connectivity index (χ0n) is 10.4. The molecule has 2 atom stereocenters. The van der Waals surface area contributed by atoms with Crippen molar-refractivity contribution in [2.24, 2.45) is 16.5 Å². The first-order chi connectivity index (χ1) is 9.15. The molecule has 1 aliphatic rings. The molecular weight excluding hydrogens is 284 g/mol. The summed E-state index contributed by atoms with van der Waals surface area (Å²) in [6, 6.07) is 0.134. The van der Waals surface area contributed by atoms with Crippen LogP contribution in [0.25, 0.3) is 0 Å². The molecule has 106 valence electrons. The third kappa shape index (κ3) is 4.62. The fraction of sp³-hybridized carbons (Fsp3) is 0.600. The lowest BCUT2D eigenvalue weighted by Crippen LogP contribution is -2.36. The number of thioether (sulfide) groups is 1. The SMILES string of the molecule is NC(N)=NC1NC(CCSCc2nccs2)CN1[O-]. The number of aromatic nitrogens is 1. The number of nitrogens with zero attached hydrogens (tertiary/aromatic N) is 3. The van der Waals surface area contributed by atoms with Crippen molar-refractivity contribution >= 4 is 29.1 Å². The maximum Gasteiger partial charge on any atom is 0.188 e. The summed E-state index contributed by atoms with van der Waals surface area (Å²) in [5.74, 6) is 1.82. The van der Waals surface area contributed by atoms with Crippen LogP contribution in [0.5, 0.6) is 0 Å². The summed E-state index contributed by atoms with van der Waals surface area (Å²) >= 11 is 3.48. The summed E-state index contributed by atoms with van der Waals surface area (Å²) in [6.45, 7) is 0.416. The Hall–Kier alpha value is -0.870. The minimum absolute atomic E-state index is 0.0721. The van der Waals surface area contributed by atoms with Crippen LogP contribution >= 0.6 is 23.1 Å². The predicted molar refractivity (Wildman–Crippen MR) is 79.5 cm³/mol. The molecule has 1 saturated heterocycles. The molecule has 0 aromatic carbocycles. The number of thiazole rings is 1. The van der Waals surface area contributed by atoms with Gasteiger partial charge in [0.1, 0.15) is 11.3 Å². The van der Waals surface area contributed by atoms with Crippen molar-refractivity contribution in [1.29, 1.82) is 0 Å². The van der Waals surface area contributed by atoms with E-state index < -0.39 is 6.29 Å². The van der Waals surface area contributed by atoms with E-state index in [4.69, 9.17) is 11.5 Å². The van der Waals surface area contributed by atoms with Gasteiger partial charge in [0.2, 0.25) is 0 Å². The summed E-state index contributed by atoms with van der Waals surface area (Å²) in [5, 5.41) is 18.6. The number of nitrogens with one attached hydrogen (secondary N) is 1. The van der Waals surface area contributed by atoms with Gasteiger partial charge in [-0.1, -0.05) is 0 Å². The van der Waals surface area contributed by atoms with E-state index in [0.29, 0.717) is 6.54 Å². The summed E-state index contributed by atoms with van der Waals surface area (Å²) < 4.78 is 0. The molecule has 19 heavy (non-hydrogen) atoms. The largest absolute Gasteiger partial charge is 0.783 e. The number of nitrogens with two attached hydrogens (primary N) is 2. The van der Waals surface area contributed by atoms with Crippen molar-refractivity contribution < 1.29 is 0 Å². The summed E-state index contributed by atoms with van der Waals surface area (Å²) in [7, 11) is 0. The highest BCUT2D eigenvalue weighted by molar-refractivity contribution is 7.98. The van der Waals surface area contributed by atoms with E-state index in [-0.39, 0.29) is 12.0 Å². The first kappa shape index (κ1) is 14.5. The van der Waals surface area contributed by atoms with E-state index in [1.54, 1.807) is 11.3 Å². The van der Waals surface area contributed by atoms with E-state index in [9.17, 15) is 5.21 Å². The van der Waals surface area contributed by atoms with Gasteiger partial charge < -0.3 is 21.7 Å². The third-order valence-corrected chi connectivity index (χ3v) is 4.61. The number of hydroxylamine groups is 2. The minimum Gasteiger partial charge on any atom is -0.783 e. The molecule has 1 aromatic heterocycles. The molecule has 2 unspecified atom stereocenters. The highest BCUT2D eigenvalue weighted by Gasteiger charge is 2.24. The van der Waals surface area contributed by atoms with E-state index in [2.05, 4.69) is 15.3 Å². The van der Waals surface area contributed by atoms with Gasteiger partial charge in [0, 0.05) is 29.9 Å². The lowest BCUT2D eigenvalue weighted by atomic mass is 10.2. The highest BCUT2D eigenvalue weighted by atomic mass is 32.2. The summed E-state index contributed by atoms with van der Waals surface area (Å²) in [4.78, 5) is 8.06. The molecule has 7 nitrogen and oxygen atoms in total. The number of guanidine groups is 1. The standard InChI is InChI=1S/C10H17N6OS2/c11-9(12)15-10-14-7(5-16(10)17)1-3-18-6-8-13-2-4-19-8/h2,4,7,10,14H,1,3,5-6H2,(H4,11,12,15)/q-1. The van der Waals surface area contributed by atoms with Crippen LogP contribution < -0.4 is 16.8 Å². The molecule has 5 N–H and O–H groups in total. The van der Waals surface area contributed by atoms with E-state index in [1.807, 2.05) is 23.3 Å². The molecule has 0 saturated carbocycles. The number of hydrogen-bond acceptors (Lipinski definition) is 7.